The standard InChI is InChI=1S/C30H22N6/c1-3-9-27-25(7-1)26-8-2-4-10-28(26)35(27)23-13-11-21(12-14-23)29-33-34-30(22-15-18-31-19-16-22)36(29)24-6-5-17-32-20-24/h1-20,29,33H. The fourth-order valence-electron chi connectivity index (χ4n) is 5.06. The van der Waals surface area contributed by atoms with E-state index < -0.39 is 0 Å². The van der Waals surface area contributed by atoms with Crippen molar-refractivity contribution in [3.05, 3.63) is 133 Å². The Labute approximate surface area is 208 Å². The lowest BCUT2D eigenvalue weighted by molar-refractivity contribution is 0.616. The molecule has 0 saturated carbocycles. The third-order valence-electron chi connectivity index (χ3n) is 6.69. The number of aromatic nitrogens is 3. The highest BCUT2D eigenvalue weighted by molar-refractivity contribution is 6.11. The van der Waals surface area contributed by atoms with E-state index in [4.69, 9.17) is 5.10 Å². The molecule has 6 nitrogen and oxygen atoms in total. The van der Waals surface area contributed by atoms with Crippen LogP contribution in [0.5, 0.6) is 0 Å². The van der Waals surface area contributed by atoms with Crippen molar-refractivity contribution in [3.63, 3.8) is 0 Å². The molecule has 0 saturated heterocycles. The van der Waals surface area contributed by atoms with Crippen LogP contribution in [0.2, 0.25) is 0 Å². The lowest BCUT2D eigenvalue weighted by atomic mass is 10.1. The fraction of sp³-hybridized carbons (Fsp3) is 0.0333. The average Bonchev–Trinajstić information content (AvgIpc) is 3.54. The number of amidine groups is 1. The predicted molar refractivity (Wildman–Crippen MR) is 144 cm³/mol. The highest BCUT2D eigenvalue weighted by atomic mass is 15.5. The van der Waals surface area contributed by atoms with Crippen LogP contribution in [0.1, 0.15) is 17.3 Å². The Balaban J connectivity index is 1.30. The van der Waals surface area contributed by atoms with Crippen molar-refractivity contribution < 1.29 is 0 Å². The van der Waals surface area contributed by atoms with E-state index in [-0.39, 0.29) is 6.17 Å². The van der Waals surface area contributed by atoms with E-state index >= 15 is 0 Å². The minimum Gasteiger partial charge on any atom is -0.309 e. The van der Waals surface area contributed by atoms with Gasteiger partial charge in [-0.2, -0.15) is 5.10 Å². The third-order valence-corrected chi connectivity index (χ3v) is 6.69. The quantitative estimate of drug-likeness (QED) is 0.344. The van der Waals surface area contributed by atoms with Crippen LogP contribution in [0, 0.1) is 0 Å². The van der Waals surface area contributed by atoms with Gasteiger partial charge in [0, 0.05) is 40.6 Å². The number of nitrogens with one attached hydrogen (secondary N) is 1. The number of anilines is 1. The summed E-state index contributed by atoms with van der Waals surface area (Å²) in [5.41, 5.74) is 9.93. The zero-order chi connectivity index (χ0) is 23.9. The molecule has 7 rings (SSSR count). The van der Waals surface area contributed by atoms with Gasteiger partial charge in [0.25, 0.3) is 0 Å². The Morgan fingerprint density at radius 3 is 1.97 bits per heavy atom. The first kappa shape index (κ1) is 20.4. The van der Waals surface area contributed by atoms with Crippen LogP contribution < -0.4 is 10.3 Å². The summed E-state index contributed by atoms with van der Waals surface area (Å²) in [5.74, 6) is 0.835. The van der Waals surface area contributed by atoms with Gasteiger partial charge in [-0.25, -0.2) is 0 Å². The van der Waals surface area contributed by atoms with Gasteiger partial charge in [0.2, 0.25) is 0 Å². The molecule has 1 N–H and O–H groups in total. The number of nitrogens with zero attached hydrogens (tertiary/aromatic N) is 5. The number of hydrogen-bond acceptors (Lipinski definition) is 5. The van der Waals surface area contributed by atoms with Gasteiger partial charge in [-0.15, -0.1) is 0 Å². The van der Waals surface area contributed by atoms with Crippen LogP contribution in [0.15, 0.2) is 127 Å². The summed E-state index contributed by atoms with van der Waals surface area (Å²) < 4.78 is 2.33. The Morgan fingerprint density at radius 2 is 1.31 bits per heavy atom. The van der Waals surface area contributed by atoms with Crippen molar-refractivity contribution in [1.29, 1.82) is 0 Å². The van der Waals surface area contributed by atoms with Gasteiger partial charge in [-0.3, -0.25) is 20.3 Å². The van der Waals surface area contributed by atoms with E-state index in [0.717, 1.165) is 28.3 Å². The van der Waals surface area contributed by atoms with Crippen LogP contribution in [0.25, 0.3) is 27.5 Å². The molecule has 0 bridgehead atoms. The second-order valence-corrected chi connectivity index (χ2v) is 8.75. The number of para-hydroxylation sites is 2. The van der Waals surface area contributed by atoms with E-state index in [1.807, 2.05) is 24.4 Å². The molecule has 3 aromatic carbocycles. The molecule has 1 aliphatic rings. The summed E-state index contributed by atoms with van der Waals surface area (Å²) in [6, 6.07) is 33.8. The van der Waals surface area contributed by atoms with Gasteiger partial charge < -0.3 is 4.57 Å². The third kappa shape index (κ3) is 3.23. The molecule has 1 atom stereocenters. The molecule has 3 aromatic heterocycles. The fourth-order valence-corrected chi connectivity index (χ4v) is 5.06. The largest absolute Gasteiger partial charge is 0.309 e. The molecule has 172 valence electrons. The average molecular weight is 467 g/mol. The van der Waals surface area contributed by atoms with Crippen molar-refractivity contribution >= 4 is 33.3 Å². The summed E-state index contributed by atoms with van der Waals surface area (Å²) in [6.07, 6.45) is 7.06. The normalized spacial score (nSPS) is 15.3. The highest BCUT2D eigenvalue weighted by Crippen LogP contribution is 2.34. The number of pyridine rings is 2. The molecule has 0 spiro atoms. The molecular weight excluding hydrogens is 444 g/mol. The van der Waals surface area contributed by atoms with Crippen LogP contribution in [-0.2, 0) is 0 Å². The van der Waals surface area contributed by atoms with Crippen LogP contribution >= 0.6 is 0 Å². The Bertz CT molecular complexity index is 1650. The molecular formula is C30H22N6. The minimum atomic E-state index is -0.162. The maximum atomic E-state index is 4.71. The number of fused-ring (bicyclic) bond motifs is 3. The molecule has 1 unspecified atom stereocenters. The van der Waals surface area contributed by atoms with E-state index in [2.05, 4.69) is 104 Å². The van der Waals surface area contributed by atoms with Gasteiger partial charge in [0.15, 0.2) is 5.84 Å². The molecule has 0 aliphatic carbocycles. The second-order valence-electron chi connectivity index (χ2n) is 8.75. The number of hydrogen-bond donors (Lipinski definition) is 1. The maximum Gasteiger partial charge on any atom is 0.162 e. The lowest BCUT2D eigenvalue weighted by Crippen LogP contribution is -2.34. The van der Waals surface area contributed by atoms with E-state index in [1.54, 1.807) is 18.6 Å². The van der Waals surface area contributed by atoms with Gasteiger partial charge >= 0.3 is 0 Å². The Hall–Kier alpha value is -4.97. The highest BCUT2D eigenvalue weighted by Gasteiger charge is 2.31. The molecule has 0 fully saturated rings. The second kappa shape index (κ2) is 8.36. The summed E-state index contributed by atoms with van der Waals surface area (Å²) in [7, 11) is 0. The predicted octanol–water partition coefficient (Wildman–Crippen LogP) is 6.04. The van der Waals surface area contributed by atoms with Crippen molar-refractivity contribution in [1.82, 2.24) is 20.0 Å². The molecule has 0 radical (unpaired) electrons. The smallest absolute Gasteiger partial charge is 0.162 e. The van der Waals surface area contributed by atoms with E-state index in [0.29, 0.717) is 0 Å². The van der Waals surface area contributed by atoms with E-state index in [9.17, 15) is 0 Å². The SMILES string of the molecule is c1cncc(N2C(c3ccncc3)=NNC2c2ccc(-n3c4ccccc4c4ccccc43)cc2)c1. The Morgan fingerprint density at radius 1 is 0.611 bits per heavy atom. The first-order valence-corrected chi connectivity index (χ1v) is 11.9. The summed E-state index contributed by atoms with van der Waals surface area (Å²) >= 11 is 0. The van der Waals surface area contributed by atoms with Gasteiger partial charge in [-0.1, -0.05) is 48.5 Å². The maximum absolute atomic E-state index is 4.71. The van der Waals surface area contributed by atoms with Crippen molar-refractivity contribution in [2.45, 2.75) is 6.17 Å². The zero-order valence-electron chi connectivity index (χ0n) is 19.4. The molecule has 6 aromatic rings. The van der Waals surface area contributed by atoms with Gasteiger partial charge in [0.1, 0.15) is 6.17 Å². The monoisotopic (exact) mass is 466 g/mol. The Kier molecular flexibility index (Phi) is 4.74. The van der Waals surface area contributed by atoms with E-state index in [1.165, 1.54) is 21.8 Å². The molecule has 6 heteroatoms. The molecule has 36 heavy (non-hydrogen) atoms. The van der Waals surface area contributed by atoms with Crippen molar-refractivity contribution in [2.24, 2.45) is 5.10 Å². The summed E-state index contributed by atoms with van der Waals surface area (Å²) in [4.78, 5) is 10.7. The van der Waals surface area contributed by atoms with Crippen LogP contribution in [0.4, 0.5) is 5.69 Å². The molecule has 1 aliphatic heterocycles. The minimum absolute atomic E-state index is 0.162. The lowest BCUT2D eigenvalue weighted by Gasteiger charge is -2.27. The van der Waals surface area contributed by atoms with Gasteiger partial charge in [0.05, 0.1) is 22.9 Å². The van der Waals surface area contributed by atoms with Crippen molar-refractivity contribution in [2.75, 3.05) is 4.90 Å². The summed E-state index contributed by atoms with van der Waals surface area (Å²) in [6.45, 7) is 0. The first-order chi connectivity index (χ1) is 17.9. The number of hydrazone groups is 1. The molecule has 0 amide bonds. The number of rotatable bonds is 4. The number of benzene rings is 3. The molecule has 4 heterocycles. The zero-order valence-corrected chi connectivity index (χ0v) is 19.4. The van der Waals surface area contributed by atoms with Crippen LogP contribution in [0.3, 0.4) is 0 Å². The first-order valence-electron chi connectivity index (χ1n) is 11.9. The van der Waals surface area contributed by atoms with Crippen molar-refractivity contribution in [3.8, 4) is 5.69 Å². The summed E-state index contributed by atoms with van der Waals surface area (Å²) in [5, 5.41) is 7.22. The van der Waals surface area contributed by atoms with Gasteiger partial charge in [-0.05, 0) is 54.1 Å². The van der Waals surface area contributed by atoms with Crippen LogP contribution in [-0.4, -0.2) is 20.4 Å². The topological polar surface area (TPSA) is 58.3 Å².